The number of carboxylic acid groups (broad SMARTS) is 1. The van der Waals surface area contributed by atoms with E-state index < -0.39 is 5.97 Å². The maximum absolute atomic E-state index is 10.9. The van der Waals surface area contributed by atoms with Crippen molar-refractivity contribution < 1.29 is 24.1 Å². The SMILES string of the molecule is O=C(O)c1cc(Cl)nc(OCc2ccc3c(c2)OCO3)c1. The lowest BCUT2D eigenvalue weighted by Gasteiger charge is -2.07. The Labute approximate surface area is 124 Å². The fraction of sp³-hybridized carbons (Fsp3) is 0.143. The summed E-state index contributed by atoms with van der Waals surface area (Å²) in [7, 11) is 0. The summed E-state index contributed by atoms with van der Waals surface area (Å²) < 4.78 is 16.0. The lowest BCUT2D eigenvalue weighted by Crippen LogP contribution is -2.01. The Bertz CT molecular complexity index is 704. The number of hydrogen-bond donors (Lipinski definition) is 1. The van der Waals surface area contributed by atoms with Gasteiger partial charge in [-0.15, -0.1) is 0 Å². The molecule has 1 aromatic carbocycles. The van der Waals surface area contributed by atoms with Gasteiger partial charge in [-0.05, 0) is 23.8 Å². The summed E-state index contributed by atoms with van der Waals surface area (Å²) in [5.41, 5.74) is 0.869. The maximum atomic E-state index is 10.9. The summed E-state index contributed by atoms with van der Waals surface area (Å²) in [5.74, 6) is 0.402. The average Bonchev–Trinajstić information content (AvgIpc) is 2.92. The standard InChI is InChI=1S/C14H10ClNO5/c15-12-4-9(14(17)18)5-13(16-12)19-6-8-1-2-10-11(3-8)21-7-20-10/h1-5H,6-7H2,(H,17,18). The number of carbonyl (C=O) groups is 1. The molecule has 0 fully saturated rings. The van der Waals surface area contributed by atoms with Crippen LogP contribution in [0.15, 0.2) is 30.3 Å². The second kappa shape index (κ2) is 5.49. The highest BCUT2D eigenvalue weighted by Crippen LogP contribution is 2.32. The number of aromatic nitrogens is 1. The molecule has 21 heavy (non-hydrogen) atoms. The first-order valence-electron chi connectivity index (χ1n) is 6.04. The van der Waals surface area contributed by atoms with Crippen LogP contribution in [0.4, 0.5) is 0 Å². The monoisotopic (exact) mass is 307 g/mol. The number of aromatic carboxylic acids is 1. The van der Waals surface area contributed by atoms with E-state index in [1.807, 2.05) is 6.07 Å². The van der Waals surface area contributed by atoms with Crippen LogP contribution in [0.2, 0.25) is 5.15 Å². The van der Waals surface area contributed by atoms with E-state index in [0.29, 0.717) is 11.5 Å². The molecule has 2 heterocycles. The summed E-state index contributed by atoms with van der Waals surface area (Å²) in [6.45, 7) is 0.417. The predicted molar refractivity (Wildman–Crippen MR) is 73.1 cm³/mol. The molecule has 7 heteroatoms. The van der Waals surface area contributed by atoms with Crippen LogP contribution in [-0.2, 0) is 6.61 Å². The van der Waals surface area contributed by atoms with Gasteiger partial charge in [0.1, 0.15) is 11.8 Å². The number of ether oxygens (including phenoxy) is 3. The van der Waals surface area contributed by atoms with Crippen molar-refractivity contribution in [2.24, 2.45) is 0 Å². The number of rotatable bonds is 4. The van der Waals surface area contributed by atoms with Gasteiger partial charge in [0, 0.05) is 6.07 Å². The van der Waals surface area contributed by atoms with E-state index in [9.17, 15) is 4.79 Å². The third-order valence-electron chi connectivity index (χ3n) is 2.84. The molecule has 1 aliphatic rings. The lowest BCUT2D eigenvalue weighted by atomic mass is 10.2. The molecule has 108 valence electrons. The number of pyridine rings is 1. The van der Waals surface area contributed by atoms with E-state index in [1.54, 1.807) is 12.1 Å². The Balaban J connectivity index is 1.74. The Hall–Kier alpha value is -2.47. The summed E-state index contributed by atoms with van der Waals surface area (Å²) in [6, 6.07) is 7.99. The van der Waals surface area contributed by atoms with E-state index >= 15 is 0 Å². The smallest absolute Gasteiger partial charge is 0.335 e. The molecule has 0 unspecified atom stereocenters. The molecule has 0 atom stereocenters. The first-order valence-corrected chi connectivity index (χ1v) is 6.42. The molecule has 0 radical (unpaired) electrons. The van der Waals surface area contributed by atoms with Crippen molar-refractivity contribution in [1.82, 2.24) is 4.98 Å². The third-order valence-corrected chi connectivity index (χ3v) is 3.03. The molecule has 0 aliphatic carbocycles. The minimum absolute atomic E-state index is 0.0238. The van der Waals surface area contributed by atoms with E-state index in [-0.39, 0.29) is 30.0 Å². The Morgan fingerprint density at radius 1 is 1.29 bits per heavy atom. The fourth-order valence-corrected chi connectivity index (χ4v) is 2.06. The molecule has 0 spiro atoms. The summed E-state index contributed by atoms with van der Waals surface area (Å²) >= 11 is 5.76. The van der Waals surface area contributed by atoms with Gasteiger partial charge in [0.2, 0.25) is 12.7 Å². The second-order valence-electron chi connectivity index (χ2n) is 4.30. The van der Waals surface area contributed by atoms with Crippen molar-refractivity contribution in [1.29, 1.82) is 0 Å². The highest BCUT2D eigenvalue weighted by molar-refractivity contribution is 6.29. The van der Waals surface area contributed by atoms with Gasteiger partial charge < -0.3 is 19.3 Å². The number of fused-ring (bicyclic) bond motifs is 1. The molecule has 1 aromatic heterocycles. The van der Waals surface area contributed by atoms with Gasteiger partial charge in [0.25, 0.3) is 0 Å². The van der Waals surface area contributed by atoms with Crippen LogP contribution in [0, 0.1) is 0 Å². The summed E-state index contributed by atoms with van der Waals surface area (Å²) in [6.07, 6.45) is 0. The molecule has 6 nitrogen and oxygen atoms in total. The van der Waals surface area contributed by atoms with E-state index in [0.717, 1.165) is 5.56 Å². The quantitative estimate of drug-likeness (QED) is 0.875. The van der Waals surface area contributed by atoms with Crippen LogP contribution in [0.1, 0.15) is 15.9 Å². The number of benzene rings is 1. The molecule has 1 N–H and O–H groups in total. The molecule has 1 aliphatic heterocycles. The van der Waals surface area contributed by atoms with Crippen LogP contribution in [0.25, 0.3) is 0 Å². The highest BCUT2D eigenvalue weighted by Gasteiger charge is 2.14. The van der Waals surface area contributed by atoms with Crippen molar-refractivity contribution in [2.75, 3.05) is 6.79 Å². The predicted octanol–water partition coefficient (Wildman–Crippen LogP) is 2.74. The Morgan fingerprint density at radius 2 is 2.10 bits per heavy atom. The number of hydrogen-bond acceptors (Lipinski definition) is 5. The van der Waals surface area contributed by atoms with Crippen molar-refractivity contribution in [3.05, 3.63) is 46.6 Å². The van der Waals surface area contributed by atoms with Crippen LogP contribution < -0.4 is 14.2 Å². The zero-order valence-electron chi connectivity index (χ0n) is 10.7. The van der Waals surface area contributed by atoms with Gasteiger partial charge in [0.15, 0.2) is 11.5 Å². The minimum Gasteiger partial charge on any atom is -0.478 e. The van der Waals surface area contributed by atoms with Crippen molar-refractivity contribution in [3.8, 4) is 17.4 Å². The molecular formula is C14H10ClNO5. The molecule has 0 saturated heterocycles. The zero-order valence-corrected chi connectivity index (χ0v) is 11.5. The Kier molecular flexibility index (Phi) is 3.53. The van der Waals surface area contributed by atoms with Crippen molar-refractivity contribution in [2.45, 2.75) is 6.61 Å². The van der Waals surface area contributed by atoms with Gasteiger partial charge in [0.05, 0.1) is 5.56 Å². The van der Waals surface area contributed by atoms with Crippen molar-refractivity contribution >= 4 is 17.6 Å². The number of nitrogens with zero attached hydrogens (tertiary/aromatic N) is 1. The van der Waals surface area contributed by atoms with Gasteiger partial charge in [-0.1, -0.05) is 17.7 Å². The minimum atomic E-state index is -1.09. The summed E-state index contributed by atoms with van der Waals surface area (Å²) in [5, 5.41) is 9.02. The van der Waals surface area contributed by atoms with Crippen LogP contribution in [-0.4, -0.2) is 22.9 Å². The summed E-state index contributed by atoms with van der Waals surface area (Å²) in [4.78, 5) is 14.9. The molecule has 3 rings (SSSR count). The van der Waals surface area contributed by atoms with Gasteiger partial charge in [-0.3, -0.25) is 0 Å². The topological polar surface area (TPSA) is 77.9 Å². The molecule has 2 aromatic rings. The molecule has 0 bridgehead atoms. The molecule has 0 saturated carbocycles. The van der Waals surface area contributed by atoms with E-state index in [2.05, 4.69) is 4.98 Å². The van der Waals surface area contributed by atoms with Crippen LogP contribution >= 0.6 is 11.6 Å². The van der Waals surface area contributed by atoms with Gasteiger partial charge in [-0.25, -0.2) is 9.78 Å². The van der Waals surface area contributed by atoms with Crippen LogP contribution in [0.5, 0.6) is 17.4 Å². The Morgan fingerprint density at radius 3 is 2.90 bits per heavy atom. The number of carboxylic acids is 1. The van der Waals surface area contributed by atoms with Crippen molar-refractivity contribution in [3.63, 3.8) is 0 Å². The largest absolute Gasteiger partial charge is 0.478 e. The molecular weight excluding hydrogens is 298 g/mol. The first kappa shape index (κ1) is 13.5. The van der Waals surface area contributed by atoms with Crippen LogP contribution in [0.3, 0.4) is 0 Å². The second-order valence-corrected chi connectivity index (χ2v) is 4.69. The zero-order chi connectivity index (χ0) is 14.8. The lowest BCUT2D eigenvalue weighted by molar-refractivity contribution is 0.0696. The molecule has 0 amide bonds. The third kappa shape index (κ3) is 3.00. The number of halogens is 1. The fourth-order valence-electron chi connectivity index (χ4n) is 1.86. The van der Waals surface area contributed by atoms with E-state index in [4.69, 9.17) is 30.9 Å². The maximum Gasteiger partial charge on any atom is 0.335 e. The normalized spacial score (nSPS) is 12.2. The average molecular weight is 308 g/mol. The van der Waals surface area contributed by atoms with Gasteiger partial charge >= 0.3 is 5.97 Å². The van der Waals surface area contributed by atoms with Gasteiger partial charge in [-0.2, -0.15) is 0 Å². The highest BCUT2D eigenvalue weighted by atomic mass is 35.5. The first-order chi connectivity index (χ1) is 10.1. The van der Waals surface area contributed by atoms with E-state index in [1.165, 1.54) is 12.1 Å².